The van der Waals surface area contributed by atoms with Crippen molar-refractivity contribution >= 4 is 71.6 Å². The van der Waals surface area contributed by atoms with Crippen molar-refractivity contribution in [2.45, 2.75) is 5.41 Å². The van der Waals surface area contributed by atoms with Gasteiger partial charge in [0.05, 0.1) is 27.5 Å². The summed E-state index contributed by atoms with van der Waals surface area (Å²) in [6.07, 6.45) is 0. The lowest BCUT2D eigenvalue weighted by Crippen LogP contribution is -2.28. The van der Waals surface area contributed by atoms with Crippen LogP contribution in [-0.4, -0.2) is 4.57 Å². The summed E-state index contributed by atoms with van der Waals surface area (Å²) in [7, 11) is 0. The summed E-state index contributed by atoms with van der Waals surface area (Å²) in [5.41, 5.74) is 20.1. The summed E-state index contributed by atoms with van der Waals surface area (Å²) in [6.45, 7) is 0. The average molecular weight is 943 g/mol. The van der Waals surface area contributed by atoms with E-state index in [1.165, 1.54) is 82.6 Å². The second kappa shape index (κ2) is 16.7. The molecule has 0 radical (unpaired) electrons. The molecule has 1 aliphatic rings. The number of aromatic nitrogens is 1. The van der Waals surface area contributed by atoms with Crippen molar-refractivity contribution in [2.24, 2.45) is 0 Å². The lowest BCUT2D eigenvalue weighted by molar-refractivity contribution is 0.668. The van der Waals surface area contributed by atoms with Gasteiger partial charge in [0.1, 0.15) is 11.2 Å². The van der Waals surface area contributed by atoms with Crippen LogP contribution in [0, 0.1) is 0 Å². The summed E-state index contributed by atoms with van der Waals surface area (Å²) in [5, 5.41) is 7.05. The van der Waals surface area contributed by atoms with Gasteiger partial charge in [-0.25, -0.2) is 0 Å². The van der Waals surface area contributed by atoms with Crippen molar-refractivity contribution in [3.63, 3.8) is 0 Å². The first-order chi connectivity index (χ1) is 36.7. The van der Waals surface area contributed by atoms with Crippen LogP contribution in [0.4, 0.5) is 17.1 Å². The molecule has 1 aliphatic carbocycles. The number of rotatable bonds is 8. The molecule has 0 saturated carbocycles. The summed E-state index contributed by atoms with van der Waals surface area (Å²) in [6, 6.07) is 102. The molecule has 2 aromatic heterocycles. The molecule has 3 nitrogen and oxygen atoms in total. The number of hydrogen-bond acceptors (Lipinski definition) is 2. The van der Waals surface area contributed by atoms with Crippen LogP contribution in [0.2, 0.25) is 0 Å². The minimum absolute atomic E-state index is 0.509. The molecule has 3 heteroatoms. The largest absolute Gasteiger partial charge is 0.456 e. The number of anilines is 3. The Morgan fingerprint density at radius 2 is 0.851 bits per heavy atom. The van der Waals surface area contributed by atoms with Crippen molar-refractivity contribution in [1.82, 2.24) is 4.57 Å². The summed E-state index contributed by atoms with van der Waals surface area (Å²) in [5.74, 6) is 0. The molecule has 0 saturated heterocycles. The van der Waals surface area contributed by atoms with Gasteiger partial charge in [-0.15, -0.1) is 0 Å². The molecule has 0 N–H and O–H groups in total. The van der Waals surface area contributed by atoms with Crippen LogP contribution >= 0.6 is 0 Å². The number of para-hydroxylation sites is 2. The third kappa shape index (κ3) is 6.27. The monoisotopic (exact) mass is 942 g/mol. The van der Waals surface area contributed by atoms with Crippen LogP contribution in [0.25, 0.3) is 93.6 Å². The highest BCUT2D eigenvalue weighted by Crippen LogP contribution is 2.56. The van der Waals surface area contributed by atoms with E-state index in [-0.39, 0.29) is 0 Å². The average Bonchev–Trinajstić information content (AvgIpc) is 4.12. The van der Waals surface area contributed by atoms with Crippen LogP contribution in [0.3, 0.4) is 0 Å². The van der Waals surface area contributed by atoms with Gasteiger partial charge in [-0.1, -0.05) is 212 Å². The number of furan rings is 1. The summed E-state index contributed by atoms with van der Waals surface area (Å²) >= 11 is 0. The molecule has 0 unspecified atom stereocenters. The lowest BCUT2D eigenvalue weighted by Gasteiger charge is -2.34. The fraction of sp³-hybridized carbons (Fsp3) is 0.0141. The van der Waals surface area contributed by atoms with Gasteiger partial charge in [-0.3, -0.25) is 0 Å². The zero-order chi connectivity index (χ0) is 48.7. The zero-order valence-corrected chi connectivity index (χ0v) is 40.4. The second-order valence-electron chi connectivity index (χ2n) is 19.5. The Balaban J connectivity index is 0.920. The molecule has 12 aromatic carbocycles. The highest BCUT2D eigenvalue weighted by atomic mass is 16.3. The first kappa shape index (κ1) is 42.0. The van der Waals surface area contributed by atoms with E-state index in [0.29, 0.717) is 0 Å². The van der Waals surface area contributed by atoms with Crippen molar-refractivity contribution < 1.29 is 4.42 Å². The maximum atomic E-state index is 6.92. The van der Waals surface area contributed by atoms with E-state index in [0.717, 1.165) is 50.3 Å². The molecule has 0 aliphatic heterocycles. The van der Waals surface area contributed by atoms with Gasteiger partial charge in [0.15, 0.2) is 0 Å². The zero-order valence-electron chi connectivity index (χ0n) is 40.4. The molecular weight excluding hydrogens is 897 g/mol. The van der Waals surface area contributed by atoms with Crippen LogP contribution in [0.15, 0.2) is 283 Å². The SMILES string of the molecule is c1ccc(-c2cccc3cccc(-c4ccc(N(c5ccc(C6(c7ccccc7)c7ccccc7-c7ccccc76)cc5)c5cccc6oc7cc(-n8c9ccccc9c9ccccc98)ccc7c56)cc4)c23)cc1. The minimum Gasteiger partial charge on any atom is -0.456 e. The Morgan fingerprint density at radius 3 is 1.50 bits per heavy atom. The van der Waals surface area contributed by atoms with Gasteiger partial charge < -0.3 is 13.9 Å². The Kier molecular flexibility index (Phi) is 9.48. The van der Waals surface area contributed by atoms with Gasteiger partial charge in [0.25, 0.3) is 0 Å². The van der Waals surface area contributed by atoms with Crippen LogP contribution in [0.1, 0.15) is 22.3 Å². The van der Waals surface area contributed by atoms with E-state index >= 15 is 0 Å². The molecule has 0 fully saturated rings. The van der Waals surface area contributed by atoms with Crippen molar-refractivity contribution in [3.8, 4) is 39.1 Å². The molecule has 15 rings (SSSR count). The molecule has 346 valence electrons. The number of nitrogens with zero attached hydrogens (tertiary/aromatic N) is 2. The fourth-order valence-electron chi connectivity index (χ4n) is 12.6. The Bertz CT molecular complexity index is 4370. The van der Waals surface area contributed by atoms with E-state index < -0.39 is 5.41 Å². The summed E-state index contributed by atoms with van der Waals surface area (Å²) in [4.78, 5) is 2.41. The van der Waals surface area contributed by atoms with Gasteiger partial charge in [-0.2, -0.15) is 0 Å². The molecule has 0 spiro atoms. The van der Waals surface area contributed by atoms with E-state index in [1.807, 2.05) is 0 Å². The predicted molar refractivity (Wildman–Crippen MR) is 308 cm³/mol. The van der Waals surface area contributed by atoms with Gasteiger partial charge in [0, 0.05) is 39.3 Å². The molecule has 0 amide bonds. The molecular formula is C71H46N2O. The first-order valence-corrected chi connectivity index (χ1v) is 25.5. The molecule has 74 heavy (non-hydrogen) atoms. The first-order valence-electron chi connectivity index (χ1n) is 25.5. The third-order valence-corrected chi connectivity index (χ3v) is 15.7. The van der Waals surface area contributed by atoms with Crippen molar-refractivity contribution in [3.05, 3.63) is 301 Å². The molecule has 14 aromatic rings. The van der Waals surface area contributed by atoms with E-state index in [1.54, 1.807) is 0 Å². The molecule has 0 atom stereocenters. The number of fused-ring (bicyclic) bond motifs is 10. The molecule has 2 heterocycles. The van der Waals surface area contributed by atoms with Crippen molar-refractivity contribution in [2.75, 3.05) is 4.90 Å². The second-order valence-corrected chi connectivity index (χ2v) is 19.5. The van der Waals surface area contributed by atoms with Gasteiger partial charge in [-0.05, 0) is 127 Å². The normalized spacial score (nSPS) is 12.7. The van der Waals surface area contributed by atoms with E-state index in [9.17, 15) is 0 Å². The fourth-order valence-corrected chi connectivity index (χ4v) is 12.6. The van der Waals surface area contributed by atoms with Crippen LogP contribution in [-0.2, 0) is 5.41 Å². The van der Waals surface area contributed by atoms with E-state index in [2.05, 4.69) is 289 Å². The highest BCUT2D eigenvalue weighted by molar-refractivity contribution is 6.15. The quantitative estimate of drug-likeness (QED) is 0.151. The van der Waals surface area contributed by atoms with Crippen molar-refractivity contribution in [1.29, 1.82) is 0 Å². The minimum atomic E-state index is -0.509. The maximum Gasteiger partial charge on any atom is 0.137 e. The van der Waals surface area contributed by atoms with Gasteiger partial charge in [0.2, 0.25) is 0 Å². The van der Waals surface area contributed by atoms with Crippen LogP contribution in [0.5, 0.6) is 0 Å². The van der Waals surface area contributed by atoms with E-state index in [4.69, 9.17) is 4.42 Å². The Hall–Kier alpha value is -9.70. The number of hydrogen-bond donors (Lipinski definition) is 0. The highest BCUT2D eigenvalue weighted by Gasteiger charge is 2.45. The van der Waals surface area contributed by atoms with Crippen LogP contribution < -0.4 is 4.90 Å². The lowest BCUT2D eigenvalue weighted by atomic mass is 9.68. The third-order valence-electron chi connectivity index (χ3n) is 15.7. The Labute approximate surface area is 429 Å². The predicted octanol–water partition coefficient (Wildman–Crippen LogP) is 19.0. The maximum absolute atomic E-state index is 6.92. The van der Waals surface area contributed by atoms with Gasteiger partial charge >= 0.3 is 0 Å². The summed E-state index contributed by atoms with van der Waals surface area (Å²) < 4.78 is 9.28. The smallest absolute Gasteiger partial charge is 0.137 e. The topological polar surface area (TPSA) is 21.3 Å². The molecule has 0 bridgehead atoms. The standard InChI is InChI=1S/C71H46N2O/c1-3-18-47(19-4-1)55-28-15-20-49-21-16-29-56(69(49)55)48-36-40-52(41-37-48)72(53-42-38-51(39-43-53)71(50-22-5-2-6-23-50)62-30-11-7-24-57(62)58-25-8-12-31-63(58)71)66-34-17-35-67-70(66)61-45-44-54(46-68(61)74-67)73-64-32-13-9-26-59(64)60-27-10-14-33-65(60)73/h1-46H. The Morgan fingerprint density at radius 1 is 0.338 bits per heavy atom. The number of benzene rings is 12.